The molecule has 0 amide bonds. The average molecular weight is 271 g/mol. The molecule has 1 aliphatic heterocycles. The summed E-state index contributed by atoms with van der Waals surface area (Å²) in [5.41, 5.74) is 3.59. The Morgan fingerprint density at radius 1 is 1.35 bits per heavy atom. The molecule has 3 rings (SSSR count). The second-order valence-electron chi connectivity index (χ2n) is 5.25. The van der Waals surface area contributed by atoms with E-state index in [0.29, 0.717) is 12.6 Å². The molecule has 4 heteroatoms. The highest BCUT2D eigenvalue weighted by molar-refractivity contribution is 5.42. The molecule has 106 valence electrons. The molecule has 1 aromatic carbocycles. The largest absolute Gasteiger partial charge is 0.380 e. The highest BCUT2D eigenvalue weighted by Crippen LogP contribution is 2.26. The Morgan fingerprint density at radius 2 is 2.25 bits per heavy atom. The van der Waals surface area contributed by atoms with Crippen LogP contribution in [0.4, 0.5) is 0 Å². The van der Waals surface area contributed by atoms with E-state index in [1.807, 2.05) is 18.6 Å². The van der Waals surface area contributed by atoms with Gasteiger partial charge in [-0.25, -0.2) is 4.98 Å². The maximum absolute atomic E-state index is 5.30. The molecule has 1 atom stereocenters. The van der Waals surface area contributed by atoms with Gasteiger partial charge in [0.05, 0.1) is 30.5 Å². The number of ether oxygens (including phenoxy) is 1. The van der Waals surface area contributed by atoms with Crippen LogP contribution < -0.4 is 5.32 Å². The van der Waals surface area contributed by atoms with Crippen molar-refractivity contribution in [1.29, 1.82) is 0 Å². The Balaban J connectivity index is 1.96. The van der Waals surface area contributed by atoms with E-state index in [0.717, 1.165) is 12.2 Å². The molecule has 2 heterocycles. The number of hydrogen-bond acceptors (Lipinski definition) is 3. The van der Waals surface area contributed by atoms with Crippen molar-refractivity contribution in [3.8, 4) is 5.69 Å². The van der Waals surface area contributed by atoms with Crippen LogP contribution in [-0.4, -0.2) is 23.2 Å². The van der Waals surface area contributed by atoms with Gasteiger partial charge in [0.15, 0.2) is 0 Å². The standard InChI is InChI=1S/C16H21N3O/c1-20-11-13-6-2-3-8-15(13)19-12-17-10-16(19)14-7-4-5-9-18-14/h2-3,6,8,10,12,14,18H,4-5,7,9,11H2,1H3. The highest BCUT2D eigenvalue weighted by atomic mass is 16.5. The average Bonchev–Trinajstić information content (AvgIpc) is 2.98. The number of nitrogens with zero attached hydrogens (tertiary/aromatic N) is 2. The van der Waals surface area contributed by atoms with Crippen molar-refractivity contribution in [2.24, 2.45) is 0 Å². The van der Waals surface area contributed by atoms with Crippen LogP contribution >= 0.6 is 0 Å². The Kier molecular flexibility index (Phi) is 4.14. The Morgan fingerprint density at radius 3 is 3.05 bits per heavy atom. The molecule has 2 aromatic rings. The Labute approximate surface area is 119 Å². The number of methoxy groups -OCH3 is 1. The van der Waals surface area contributed by atoms with Gasteiger partial charge in [0.1, 0.15) is 0 Å². The van der Waals surface area contributed by atoms with Gasteiger partial charge in [-0.05, 0) is 25.5 Å². The zero-order chi connectivity index (χ0) is 13.8. The quantitative estimate of drug-likeness (QED) is 0.929. The van der Waals surface area contributed by atoms with Crippen LogP contribution in [-0.2, 0) is 11.3 Å². The van der Waals surface area contributed by atoms with Gasteiger partial charge >= 0.3 is 0 Å². The minimum absolute atomic E-state index is 0.404. The molecule has 0 saturated carbocycles. The van der Waals surface area contributed by atoms with E-state index in [1.165, 1.54) is 30.5 Å². The van der Waals surface area contributed by atoms with Gasteiger partial charge in [0.25, 0.3) is 0 Å². The van der Waals surface area contributed by atoms with E-state index in [4.69, 9.17) is 4.74 Å². The molecular weight excluding hydrogens is 250 g/mol. The zero-order valence-electron chi connectivity index (χ0n) is 11.9. The second kappa shape index (κ2) is 6.20. The molecule has 0 bridgehead atoms. The summed E-state index contributed by atoms with van der Waals surface area (Å²) in [5.74, 6) is 0. The summed E-state index contributed by atoms with van der Waals surface area (Å²) in [6.45, 7) is 1.71. The minimum atomic E-state index is 0.404. The monoisotopic (exact) mass is 271 g/mol. The topological polar surface area (TPSA) is 39.1 Å². The van der Waals surface area contributed by atoms with E-state index in [1.54, 1.807) is 7.11 Å². The fraction of sp³-hybridized carbons (Fsp3) is 0.438. The SMILES string of the molecule is COCc1ccccc1-n1cncc1C1CCCCN1. The van der Waals surface area contributed by atoms with Crippen molar-refractivity contribution in [3.05, 3.63) is 48.0 Å². The van der Waals surface area contributed by atoms with Crippen molar-refractivity contribution < 1.29 is 4.74 Å². The van der Waals surface area contributed by atoms with Crippen LogP contribution in [0.25, 0.3) is 5.69 Å². The summed E-state index contributed by atoms with van der Waals surface area (Å²) >= 11 is 0. The first-order chi connectivity index (χ1) is 9.90. The van der Waals surface area contributed by atoms with Gasteiger partial charge in [-0.1, -0.05) is 24.6 Å². The van der Waals surface area contributed by atoms with E-state index in [-0.39, 0.29) is 0 Å². The zero-order valence-corrected chi connectivity index (χ0v) is 11.9. The molecule has 0 aliphatic carbocycles. The molecule has 1 aromatic heterocycles. The minimum Gasteiger partial charge on any atom is -0.380 e. The molecule has 0 radical (unpaired) electrons. The summed E-state index contributed by atoms with van der Waals surface area (Å²) in [7, 11) is 1.73. The third-order valence-corrected chi connectivity index (χ3v) is 3.89. The first kappa shape index (κ1) is 13.3. The lowest BCUT2D eigenvalue weighted by Gasteiger charge is -2.25. The van der Waals surface area contributed by atoms with Crippen molar-refractivity contribution >= 4 is 0 Å². The maximum atomic E-state index is 5.30. The molecule has 1 N–H and O–H groups in total. The predicted octanol–water partition coefficient (Wildman–Crippen LogP) is 2.83. The number of aromatic nitrogens is 2. The molecule has 1 unspecified atom stereocenters. The highest BCUT2D eigenvalue weighted by Gasteiger charge is 2.19. The summed E-state index contributed by atoms with van der Waals surface area (Å²) in [6.07, 6.45) is 7.61. The van der Waals surface area contributed by atoms with E-state index in [2.05, 4.69) is 33.1 Å². The molecule has 1 aliphatic rings. The summed E-state index contributed by atoms with van der Waals surface area (Å²) in [6, 6.07) is 8.75. The smallest absolute Gasteiger partial charge is 0.0994 e. The van der Waals surface area contributed by atoms with Crippen LogP contribution in [0, 0.1) is 0 Å². The maximum Gasteiger partial charge on any atom is 0.0994 e. The lowest BCUT2D eigenvalue weighted by atomic mass is 10.0. The van der Waals surface area contributed by atoms with E-state index < -0.39 is 0 Å². The van der Waals surface area contributed by atoms with Crippen LogP contribution in [0.5, 0.6) is 0 Å². The van der Waals surface area contributed by atoms with E-state index >= 15 is 0 Å². The van der Waals surface area contributed by atoms with E-state index in [9.17, 15) is 0 Å². The lowest BCUT2D eigenvalue weighted by Crippen LogP contribution is -2.28. The second-order valence-corrected chi connectivity index (χ2v) is 5.25. The van der Waals surface area contributed by atoms with Crippen LogP contribution in [0.15, 0.2) is 36.8 Å². The summed E-state index contributed by atoms with van der Waals surface area (Å²) in [4.78, 5) is 4.36. The van der Waals surface area contributed by atoms with Crippen molar-refractivity contribution in [2.75, 3.05) is 13.7 Å². The van der Waals surface area contributed by atoms with Gasteiger partial charge in [0.2, 0.25) is 0 Å². The number of nitrogens with one attached hydrogen (secondary N) is 1. The first-order valence-electron chi connectivity index (χ1n) is 7.23. The van der Waals surface area contributed by atoms with Crippen molar-refractivity contribution in [1.82, 2.24) is 14.9 Å². The van der Waals surface area contributed by atoms with Gasteiger partial charge in [-0.2, -0.15) is 0 Å². The van der Waals surface area contributed by atoms with Crippen molar-refractivity contribution in [3.63, 3.8) is 0 Å². The van der Waals surface area contributed by atoms with Crippen LogP contribution in [0.3, 0.4) is 0 Å². The molecule has 1 fully saturated rings. The summed E-state index contributed by atoms with van der Waals surface area (Å²) in [5, 5.41) is 3.59. The van der Waals surface area contributed by atoms with Gasteiger partial charge in [0, 0.05) is 18.7 Å². The van der Waals surface area contributed by atoms with Gasteiger partial charge in [-0.15, -0.1) is 0 Å². The normalized spacial score (nSPS) is 19.1. The molecule has 4 nitrogen and oxygen atoms in total. The third kappa shape index (κ3) is 2.62. The molecular formula is C16H21N3O. The fourth-order valence-corrected chi connectivity index (χ4v) is 2.89. The number of benzene rings is 1. The van der Waals surface area contributed by atoms with Gasteiger partial charge in [-0.3, -0.25) is 0 Å². The lowest BCUT2D eigenvalue weighted by molar-refractivity contribution is 0.184. The summed E-state index contributed by atoms with van der Waals surface area (Å²) < 4.78 is 7.49. The molecule has 1 saturated heterocycles. The number of imidazole rings is 1. The number of para-hydroxylation sites is 1. The number of piperidine rings is 1. The first-order valence-corrected chi connectivity index (χ1v) is 7.23. The fourth-order valence-electron chi connectivity index (χ4n) is 2.89. The molecule has 0 spiro atoms. The number of rotatable bonds is 4. The van der Waals surface area contributed by atoms with Crippen LogP contribution in [0.1, 0.15) is 36.6 Å². The Hall–Kier alpha value is -1.65. The predicted molar refractivity (Wildman–Crippen MR) is 78.9 cm³/mol. The van der Waals surface area contributed by atoms with Gasteiger partial charge < -0.3 is 14.6 Å². The van der Waals surface area contributed by atoms with Crippen molar-refractivity contribution in [2.45, 2.75) is 31.9 Å². The van der Waals surface area contributed by atoms with Crippen LogP contribution in [0.2, 0.25) is 0 Å². The Bertz CT molecular complexity index is 558. The number of hydrogen-bond donors (Lipinski definition) is 1. The molecule has 20 heavy (non-hydrogen) atoms. The third-order valence-electron chi connectivity index (χ3n) is 3.89.